The normalized spacial score (nSPS) is 12.0. The van der Waals surface area contributed by atoms with Gasteiger partial charge in [0.1, 0.15) is 29.3 Å². The van der Waals surface area contributed by atoms with Gasteiger partial charge in [0.15, 0.2) is 6.04 Å². The molecule has 0 fully saturated rings. The van der Waals surface area contributed by atoms with Crippen molar-refractivity contribution in [3.8, 4) is 0 Å². The molecule has 3 aromatic rings. The lowest BCUT2D eigenvalue weighted by atomic mass is 10.3. The molecule has 0 saturated carbocycles. The van der Waals surface area contributed by atoms with Crippen LogP contribution in [-0.2, 0) is 9.53 Å². The van der Waals surface area contributed by atoms with Crippen LogP contribution in [0.4, 0.5) is 4.79 Å². The molecule has 1 amide bonds. The van der Waals surface area contributed by atoms with E-state index < -0.39 is 25.4 Å². The van der Waals surface area contributed by atoms with Crippen molar-refractivity contribution in [3.63, 3.8) is 0 Å². The summed E-state index contributed by atoms with van der Waals surface area (Å²) in [5.74, 6) is -1.09. The molecule has 0 bridgehead atoms. The van der Waals surface area contributed by atoms with E-state index >= 15 is 0 Å². The Labute approximate surface area is 170 Å². The lowest BCUT2D eigenvalue weighted by molar-refractivity contribution is -0.138. The Hall–Kier alpha value is -3.17. The molecule has 148 valence electrons. The van der Waals surface area contributed by atoms with Crippen LogP contribution in [0, 0.1) is 0 Å². The largest absolute Gasteiger partial charge is 0.480 e. The second-order valence-corrected chi connectivity index (χ2v) is 10.1. The van der Waals surface area contributed by atoms with Gasteiger partial charge >= 0.3 is 12.1 Å². The molecular weight excluding hydrogens is 385 g/mol. The highest BCUT2D eigenvalue weighted by Gasteiger charge is 2.49. The Morgan fingerprint density at radius 1 is 0.828 bits per heavy atom. The molecule has 0 heterocycles. The molecule has 1 atom stereocenters. The van der Waals surface area contributed by atoms with Gasteiger partial charge in [-0.1, -0.05) is 54.6 Å². The van der Waals surface area contributed by atoms with Crippen molar-refractivity contribution in [3.05, 3.63) is 91.0 Å². The highest BCUT2D eigenvalue weighted by molar-refractivity contribution is 7.95. The molecule has 5 nitrogen and oxygen atoms in total. The van der Waals surface area contributed by atoms with Crippen molar-refractivity contribution in [2.45, 2.75) is 6.04 Å². The number of carboxylic acid groups (broad SMARTS) is 1. The van der Waals surface area contributed by atoms with E-state index in [-0.39, 0.29) is 6.16 Å². The summed E-state index contributed by atoms with van der Waals surface area (Å²) >= 11 is 0. The van der Waals surface area contributed by atoms with Gasteiger partial charge in [0.25, 0.3) is 0 Å². The van der Waals surface area contributed by atoms with Gasteiger partial charge in [-0.25, -0.2) is 9.59 Å². The second kappa shape index (κ2) is 9.35. The maximum absolute atomic E-state index is 12.1. The molecule has 0 aliphatic heterocycles. The summed E-state index contributed by atoms with van der Waals surface area (Å²) in [4.78, 5) is 23.9. The van der Waals surface area contributed by atoms with Crippen LogP contribution in [0.15, 0.2) is 91.0 Å². The SMILES string of the molecule is COC(=O)N[C@H](C[P+](c1ccccc1)(c1ccccc1)c1ccccc1)C(=O)O. The number of aliphatic carboxylic acids is 1. The molecule has 0 radical (unpaired) electrons. The summed E-state index contributed by atoms with van der Waals surface area (Å²) in [6.45, 7) is 0. The quantitative estimate of drug-likeness (QED) is 0.590. The van der Waals surface area contributed by atoms with Gasteiger partial charge < -0.3 is 15.2 Å². The first-order chi connectivity index (χ1) is 14.1. The van der Waals surface area contributed by atoms with Crippen LogP contribution in [0.2, 0.25) is 0 Å². The van der Waals surface area contributed by atoms with Crippen LogP contribution < -0.4 is 21.2 Å². The average Bonchev–Trinajstić information content (AvgIpc) is 2.78. The first-order valence-electron chi connectivity index (χ1n) is 9.20. The molecule has 29 heavy (non-hydrogen) atoms. The Morgan fingerprint density at radius 2 is 1.21 bits per heavy atom. The lowest BCUT2D eigenvalue weighted by Crippen LogP contribution is -2.48. The number of carboxylic acids is 1. The van der Waals surface area contributed by atoms with Gasteiger partial charge in [0.2, 0.25) is 0 Å². The van der Waals surface area contributed by atoms with Crippen molar-refractivity contribution in [1.82, 2.24) is 5.32 Å². The van der Waals surface area contributed by atoms with Gasteiger partial charge in [-0.15, -0.1) is 0 Å². The fourth-order valence-electron chi connectivity index (χ4n) is 3.47. The number of amides is 1. The second-order valence-electron chi connectivity index (χ2n) is 6.53. The number of carbonyl (C=O) groups excluding carboxylic acids is 1. The summed E-state index contributed by atoms with van der Waals surface area (Å²) in [5.41, 5.74) is 0. The maximum Gasteiger partial charge on any atom is 0.407 e. The van der Waals surface area contributed by atoms with E-state index in [0.717, 1.165) is 15.9 Å². The Morgan fingerprint density at radius 3 is 1.52 bits per heavy atom. The van der Waals surface area contributed by atoms with E-state index in [1.165, 1.54) is 7.11 Å². The molecule has 0 aliphatic carbocycles. The van der Waals surface area contributed by atoms with Crippen molar-refractivity contribution < 1.29 is 19.4 Å². The summed E-state index contributed by atoms with van der Waals surface area (Å²) in [6, 6.07) is 28.7. The molecular formula is C23H23NO4P+. The summed E-state index contributed by atoms with van der Waals surface area (Å²) in [7, 11) is -1.16. The third-order valence-electron chi connectivity index (χ3n) is 4.82. The molecule has 0 unspecified atom stereocenters. The smallest absolute Gasteiger partial charge is 0.407 e. The van der Waals surface area contributed by atoms with E-state index in [0.29, 0.717) is 0 Å². The zero-order valence-electron chi connectivity index (χ0n) is 16.1. The van der Waals surface area contributed by atoms with E-state index in [9.17, 15) is 14.7 Å². The van der Waals surface area contributed by atoms with Crippen LogP contribution in [0.25, 0.3) is 0 Å². The number of carbonyl (C=O) groups is 2. The van der Waals surface area contributed by atoms with Crippen LogP contribution in [0.3, 0.4) is 0 Å². The van der Waals surface area contributed by atoms with Gasteiger partial charge in [-0.2, -0.15) is 0 Å². The molecule has 6 heteroatoms. The van der Waals surface area contributed by atoms with Crippen molar-refractivity contribution in [2.75, 3.05) is 13.3 Å². The zero-order chi connectivity index (χ0) is 20.7. The Kier molecular flexibility index (Phi) is 6.63. The predicted octanol–water partition coefficient (Wildman–Crippen LogP) is 2.79. The molecule has 3 aromatic carbocycles. The van der Waals surface area contributed by atoms with Crippen LogP contribution in [0.5, 0.6) is 0 Å². The van der Waals surface area contributed by atoms with Crippen LogP contribution >= 0.6 is 7.26 Å². The minimum absolute atomic E-state index is 0.232. The number of hydrogen-bond acceptors (Lipinski definition) is 3. The first kappa shape index (κ1) is 20.6. The van der Waals surface area contributed by atoms with Gasteiger partial charge in [-0.05, 0) is 36.4 Å². The van der Waals surface area contributed by atoms with E-state index in [1.54, 1.807) is 0 Å². The summed E-state index contributed by atoms with van der Waals surface area (Å²) in [6.07, 6.45) is -0.528. The number of rotatable bonds is 7. The number of ether oxygens (including phenoxy) is 1. The Balaban J connectivity index is 2.24. The molecule has 3 rings (SSSR count). The van der Waals surface area contributed by atoms with Crippen LogP contribution in [0.1, 0.15) is 0 Å². The van der Waals surface area contributed by atoms with Crippen molar-refractivity contribution in [2.24, 2.45) is 0 Å². The Bertz CT molecular complexity index is 852. The standard InChI is InChI=1S/C23H22NO4P/c1-28-23(27)24-21(22(25)26)17-29(18-11-5-2-6-12-18,19-13-7-3-8-14-19)20-15-9-4-10-16-20/h2-16,21H,17H2,1H3,(H-,24,25,26,27)/p+1/t21-/m1/s1. The fourth-order valence-corrected chi connectivity index (χ4v) is 7.84. The average molecular weight is 408 g/mol. The van der Waals surface area contributed by atoms with Crippen LogP contribution in [-0.4, -0.2) is 36.5 Å². The number of benzene rings is 3. The minimum Gasteiger partial charge on any atom is -0.480 e. The van der Waals surface area contributed by atoms with Gasteiger partial charge in [0.05, 0.1) is 7.11 Å². The monoisotopic (exact) mass is 408 g/mol. The number of alkyl carbamates (subject to hydrolysis) is 1. The van der Waals surface area contributed by atoms with Crippen molar-refractivity contribution in [1.29, 1.82) is 0 Å². The van der Waals surface area contributed by atoms with E-state index in [1.807, 2.05) is 91.0 Å². The lowest BCUT2D eigenvalue weighted by Gasteiger charge is -2.30. The maximum atomic E-state index is 12.1. The predicted molar refractivity (Wildman–Crippen MR) is 117 cm³/mol. The van der Waals surface area contributed by atoms with Gasteiger partial charge in [0, 0.05) is 0 Å². The number of methoxy groups -OCH3 is 1. The highest BCUT2D eigenvalue weighted by Crippen LogP contribution is 2.55. The number of hydrogen-bond donors (Lipinski definition) is 2. The minimum atomic E-state index is -2.38. The summed E-state index contributed by atoms with van der Waals surface area (Å²) in [5, 5.41) is 15.5. The first-order valence-corrected chi connectivity index (χ1v) is 11.2. The summed E-state index contributed by atoms with van der Waals surface area (Å²) < 4.78 is 4.66. The third-order valence-corrected chi connectivity index (χ3v) is 9.27. The zero-order valence-corrected chi connectivity index (χ0v) is 17.0. The number of nitrogens with one attached hydrogen (secondary N) is 1. The fraction of sp³-hybridized carbons (Fsp3) is 0.130. The third kappa shape index (κ3) is 4.47. The topological polar surface area (TPSA) is 75.6 Å². The highest BCUT2D eigenvalue weighted by atomic mass is 31.2. The molecule has 0 aliphatic rings. The molecule has 0 aromatic heterocycles. The van der Waals surface area contributed by atoms with E-state index in [4.69, 9.17) is 0 Å². The molecule has 0 spiro atoms. The van der Waals surface area contributed by atoms with Gasteiger partial charge in [-0.3, -0.25) is 0 Å². The van der Waals surface area contributed by atoms with E-state index in [2.05, 4.69) is 10.1 Å². The molecule has 2 N–H and O–H groups in total. The molecule has 0 saturated heterocycles. The van der Waals surface area contributed by atoms with Crippen molar-refractivity contribution >= 4 is 35.2 Å².